The molecule has 3 aromatic carbocycles. The number of fused-ring (bicyclic) bond motifs is 1. The highest BCUT2D eigenvalue weighted by molar-refractivity contribution is 5.98. The fourth-order valence-corrected chi connectivity index (χ4v) is 2.39. The molecule has 0 aromatic heterocycles. The summed E-state index contributed by atoms with van der Waals surface area (Å²) in [5.41, 5.74) is -2.03. The van der Waals surface area contributed by atoms with E-state index in [4.69, 9.17) is 0 Å². The molecular weight excluding hydrogens is 344 g/mol. The Kier molecular flexibility index (Phi) is 3.70. The average molecular weight is 348 g/mol. The molecule has 0 aliphatic rings. The molecule has 0 aliphatic carbocycles. The number of hydrogen-bond donors (Lipinski definition) is 0. The lowest BCUT2D eigenvalue weighted by molar-refractivity contribution is 0.443. The van der Waals surface area contributed by atoms with Crippen LogP contribution in [0, 0.1) is 46.5 Å². The van der Waals surface area contributed by atoms with E-state index in [1.54, 1.807) is 0 Å². The zero-order valence-electron chi connectivity index (χ0n) is 11.3. The van der Waals surface area contributed by atoms with Gasteiger partial charge in [0.2, 0.25) is 0 Å². The maximum absolute atomic E-state index is 14.1. The average Bonchev–Trinajstić information content (AvgIpc) is 2.55. The standard InChI is InChI=1S/C16H4F8/c17-7-3-1-5-9(6-2-4-8(18)13(21)11(6)19)14(22)16(24)15(23)10(5)12(7)20/h1-4H. The first-order valence-corrected chi connectivity index (χ1v) is 6.33. The van der Waals surface area contributed by atoms with Gasteiger partial charge in [0.15, 0.2) is 46.5 Å². The van der Waals surface area contributed by atoms with Crippen molar-refractivity contribution in [3.8, 4) is 11.1 Å². The van der Waals surface area contributed by atoms with E-state index in [1.807, 2.05) is 0 Å². The van der Waals surface area contributed by atoms with Crippen LogP contribution in [0.5, 0.6) is 0 Å². The smallest absolute Gasteiger partial charge is 0.195 e. The Hall–Kier alpha value is -2.64. The van der Waals surface area contributed by atoms with Gasteiger partial charge in [0.1, 0.15) is 0 Å². The van der Waals surface area contributed by atoms with Crippen molar-refractivity contribution < 1.29 is 35.1 Å². The fraction of sp³-hybridized carbons (Fsp3) is 0. The Morgan fingerprint density at radius 2 is 1.04 bits per heavy atom. The summed E-state index contributed by atoms with van der Waals surface area (Å²) >= 11 is 0. The molecule has 24 heavy (non-hydrogen) atoms. The summed E-state index contributed by atoms with van der Waals surface area (Å²) in [4.78, 5) is 0. The maximum atomic E-state index is 14.1. The summed E-state index contributed by atoms with van der Waals surface area (Å²) in [5.74, 6) is -15.0. The van der Waals surface area contributed by atoms with Gasteiger partial charge in [-0.3, -0.25) is 0 Å². The number of halogens is 8. The molecule has 3 aromatic rings. The Morgan fingerprint density at radius 1 is 0.458 bits per heavy atom. The molecule has 0 atom stereocenters. The normalized spacial score (nSPS) is 11.3. The van der Waals surface area contributed by atoms with Crippen molar-refractivity contribution >= 4 is 10.8 Å². The van der Waals surface area contributed by atoms with E-state index in [9.17, 15) is 35.1 Å². The summed E-state index contributed by atoms with van der Waals surface area (Å²) in [5, 5.41) is -2.01. The van der Waals surface area contributed by atoms with E-state index < -0.39 is 68.4 Å². The van der Waals surface area contributed by atoms with Gasteiger partial charge in [-0.2, -0.15) is 0 Å². The van der Waals surface area contributed by atoms with Crippen molar-refractivity contribution in [3.05, 3.63) is 70.8 Å². The molecule has 0 aliphatic heterocycles. The zero-order valence-corrected chi connectivity index (χ0v) is 11.3. The summed E-state index contributed by atoms with van der Waals surface area (Å²) in [7, 11) is 0. The van der Waals surface area contributed by atoms with Gasteiger partial charge in [-0.05, 0) is 23.6 Å². The third-order valence-corrected chi connectivity index (χ3v) is 3.49. The summed E-state index contributed by atoms with van der Waals surface area (Å²) in [6.45, 7) is 0. The monoisotopic (exact) mass is 348 g/mol. The van der Waals surface area contributed by atoms with Crippen LogP contribution < -0.4 is 0 Å². The molecule has 0 radical (unpaired) electrons. The van der Waals surface area contributed by atoms with Crippen LogP contribution in [0.1, 0.15) is 0 Å². The van der Waals surface area contributed by atoms with Crippen LogP contribution >= 0.6 is 0 Å². The van der Waals surface area contributed by atoms with E-state index in [1.165, 1.54) is 0 Å². The number of rotatable bonds is 1. The largest absolute Gasteiger partial charge is 0.204 e. The lowest BCUT2D eigenvalue weighted by Gasteiger charge is -2.13. The Labute approximate surface area is 128 Å². The second-order valence-corrected chi connectivity index (χ2v) is 4.82. The van der Waals surface area contributed by atoms with Crippen molar-refractivity contribution in [2.45, 2.75) is 0 Å². The third kappa shape index (κ3) is 2.13. The highest BCUT2D eigenvalue weighted by Crippen LogP contribution is 2.38. The molecule has 0 nitrogen and oxygen atoms in total. The molecule has 124 valence electrons. The van der Waals surface area contributed by atoms with E-state index >= 15 is 0 Å². The van der Waals surface area contributed by atoms with Crippen molar-refractivity contribution in [2.24, 2.45) is 0 Å². The van der Waals surface area contributed by atoms with Crippen LogP contribution in [0.4, 0.5) is 35.1 Å². The minimum absolute atomic E-state index is 0.431. The van der Waals surface area contributed by atoms with Gasteiger partial charge in [0.05, 0.1) is 5.39 Å². The molecule has 0 bridgehead atoms. The second kappa shape index (κ2) is 5.47. The van der Waals surface area contributed by atoms with Crippen LogP contribution in [0.2, 0.25) is 0 Å². The zero-order chi connectivity index (χ0) is 17.8. The van der Waals surface area contributed by atoms with Crippen LogP contribution in [-0.4, -0.2) is 0 Å². The summed E-state index contributed by atoms with van der Waals surface area (Å²) < 4.78 is 109. The van der Waals surface area contributed by atoms with Crippen molar-refractivity contribution in [1.82, 2.24) is 0 Å². The van der Waals surface area contributed by atoms with Crippen LogP contribution in [0.25, 0.3) is 21.9 Å². The molecule has 0 amide bonds. The van der Waals surface area contributed by atoms with Crippen LogP contribution in [-0.2, 0) is 0 Å². The van der Waals surface area contributed by atoms with E-state index in [0.29, 0.717) is 24.3 Å². The highest BCUT2D eigenvalue weighted by Gasteiger charge is 2.27. The highest BCUT2D eigenvalue weighted by atomic mass is 19.2. The first-order chi connectivity index (χ1) is 11.3. The lowest BCUT2D eigenvalue weighted by Crippen LogP contribution is -2.03. The molecule has 0 saturated carbocycles. The maximum Gasteiger partial charge on any atom is 0.195 e. The van der Waals surface area contributed by atoms with Crippen molar-refractivity contribution in [2.75, 3.05) is 0 Å². The minimum Gasteiger partial charge on any atom is -0.204 e. The van der Waals surface area contributed by atoms with Gasteiger partial charge in [0, 0.05) is 11.1 Å². The molecule has 0 saturated heterocycles. The van der Waals surface area contributed by atoms with Gasteiger partial charge in [-0.1, -0.05) is 6.07 Å². The van der Waals surface area contributed by atoms with Gasteiger partial charge in [-0.15, -0.1) is 0 Å². The SMILES string of the molecule is Fc1ccc(-c2c(F)c(F)c(F)c3c(F)c(F)ccc23)c(F)c1F. The molecule has 8 heteroatoms. The number of benzene rings is 3. The Balaban J connectivity index is 2.55. The summed E-state index contributed by atoms with van der Waals surface area (Å²) in [6, 6.07) is 2.16. The fourth-order valence-electron chi connectivity index (χ4n) is 2.39. The summed E-state index contributed by atoms with van der Waals surface area (Å²) in [6.07, 6.45) is 0. The molecule has 3 rings (SSSR count). The molecule has 0 unspecified atom stereocenters. The first kappa shape index (κ1) is 16.2. The predicted octanol–water partition coefficient (Wildman–Crippen LogP) is 5.62. The Morgan fingerprint density at radius 3 is 1.71 bits per heavy atom. The molecule has 0 fully saturated rings. The van der Waals surface area contributed by atoms with Crippen LogP contribution in [0.3, 0.4) is 0 Å². The van der Waals surface area contributed by atoms with E-state index in [0.717, 1.165) is 0 Å². The molecule has 0 N–H and O–H groups in total. The predicted molar refractivity (Wildman–Crippen MR) is 69.0 cm³/mol. The lowest BCUT2D eigenvalue weighted by atomic mass is 9.95. The van der Waals surface area contributed by atoms with Gasteiger partial charge in [-0.25, -0.2) is 35.1 Å². The minimum atomic E-state index is -2.20. The van der Waals surface area contributed by atoms with Crippen LogP contribution in [0.15, 0.2) is 24.3 Å². The van der Waals surface area contributed by atoms with E-state index in [-0.39, 0.29) is 0 Å². The first-order valence-electron chi connectivity index (χ1n) is 6.33. The Bertz CT molecular complexity index is 994. The third-order valence-electron chi connectivity index (χ3n) is 3.49. The topological polar surface area (TPSA) is 0 Å². The quantitative estimate of drug-likeness (QED) is 0.396. The molecular formula is C16H4F8. The van der Waals surface area contributed by atoms with Gasteiger partial charge < -0.3 is 0 Å². The number of hydrogen-bond acceptors (Lipinski definition) is 0. The van der Waals surface area contributed by atoms with E-state index in [2.05, 4.69) is 0 Å². The molecule has 0 spiro atoms. The second-order valence-electron chi connectivity index (χ2n) is 4.82. The van der Waals surface area contributed by atoms with Crippen molar-refractivity contribution in [3.63, 3.8) is 0 Å². The van der Waals surface area contributed by atoms with Gasteiger partial charge in [0.25, 0.3) is 0 Å². The van der Waals surface area contributed by atoms with Crippen molar-refractivity contribution in [1.29, 1.82) is 0 Å². The molecule has 0 heterocycles. The van der Waals surface area contributed by atoms with Gasteiger partial charge >= 0.3 is 0 Å².